The third-order valence-corrected chi connectivity index (χ3v) is 3.58. The zero-order valence-corrected chi connectivity index (χ0v) is 12.5. The first-order valence-electron chi connectivity index (χ1n) is 5.19. The van der Waals surface area contributed by atoms with Crippen molar-refractivity contribution in [1.82, 2.24) is 9.55 Å². The van der Waals surface area contributed by atoms with Crippen molar-refractivity contribution in [2.24, 2.45) is 0 Å². The first-order valence-corrected chi connectivity index (χ1v) is 6.39. The first-order chi connectivity index (χ1) is 8.61. The summed E-state index contributed by atoms with van der Waals surface area (Å²) in [5.41, 5.74) is 5.47. The van der Waals surface area contributed by atoms with Crippen molar-refractivity contribution < 1.29 is 4.74 Å². The fourth-order valence-electron chi connectivity index (χ4n) is 1.63. The molecule has 19 heavy (non-hydrogen) atoms. The first kappa shape index (κ1) is 16.0. The molecule has 0 spiro atoms. The molecule has 0 radical (unpaired) electrons. The third kappa shape index (κ3) is 3.70. The normalized spacial score (nSPS) is 11.9. The number of pyridine rings is 1. The second kappa shape index (κ2) is 6.91. The molecule has 0 aromatic carbocycles. The van der Waals surface area contributed by atoms with E-state index in [0.717, 1.165) is 4.88 Å². The smallest absolute Gasteiger partial charge is 0.251 e. The van der Waals surface area contributed by atoms with Crippen molar-refractivity contribution in [3.05, 3.63) is 44.8 Å². The topological polar surface area (TPSA) is 70.1 Å². The lowest BCUT2D eigenvalue weighted by atomic mass is 10.2. The lowest BCUT2D eigenvalue weighted by Crippen LogP contribution is -2.26. The number of nitrogens with zero attached hydrogens (tertiary/aromatic N) is 2. The molecule has 0 saturated carbocycles. The zero-order valence-electron chi connectivity index (χ0n) is 10.1. The maximum absolute atomic E-state index is 11.9. The predicted molar refractivity (Wildman–Crippen MR) is 79.5 cm³/mol. The molecule has 2 aromatic heterocycles. The van der Waals surface area contributed by atoms with E-state index in [2.05, 4.69) is 4.98 Å². The molecule has 0 fully saturated rings. The number of rotatable bonds is 4. The van der Waals surface area contributed by atoms with Crippen molar-refractivity contribution >= 4 is 40.5 Å². The number of nitrogen functional groups attached to an aromatic ring is 1. The van der Waals surface area contributed by atoms with Crippen molar-refractivity contribution in [1.29, 1.82) is 0 Å². The van der Waals surface area contributed by atoms with Crippen LogP contribution in [0, 0.1) is 0 Å². The standard InChI is InChI=1S/C11H12ClN3O2S.ClH/c1-17-6-8(9-4-14-11(13)18-9)15-5-7(12)2-3-10(15)16;/h2-5,8H,6H2,1H3,(H2,13,14);1H. The summed E-state index contributed by atoms with van der Waals surface area (Å²) in [4.78, 5) is 16.7. The molecule has 0 aliphatic carbocycles. The third-order valence-electron chi connectivity index (χ3n) is 2.43. The SMILES string of the molecule is COCC(c1cnc(N)s1)n1cc(Cl)ccc1=O.Cl. The van der Waals surface area contributed by atoms with Crippen LogP contribution in [0.15, 0.2) is 29.3 Å². The van der Waals surface area contributed by atoms with Gasteiger partial charge in [-0.15, -0.1) is 23.7 Å². The lowest BCUT2D eigenvalue weighted by Gasteiger charge is -2.17. The second-order valence-corrected chi connectivity index (χ2v) is 5.20. The van der Waals surface area contributed by atoms with E-state index in [1.807, 2.05) is 0 Å². The maximum Gasteiger partial charge on any atom is 0.251 e. The summed E-state index contributed by atoms with van der Waals surface area (Å²) >= 11 is 7.25. The summed E-state index contributed by atoms with van der Waals surface area (Å²) in [6, 6.07) is 2.72. The van der Waals surface area contributed by atoms with Crippen LogP contribution < -0.4 is 11.3 Å². The molecule has 0 aliphatic rings. The Kier molecular flexibility index (Phi) is 5.81. The Balaban J connectivity index is 0.00000180. The molecule has 8 heteroatoms. The molecule has 0 amide bonds. The van der Waals surface area contributed by atoms with Gasteiger partial charge >= 0.3 is 0 Å². The molecule has 5 nitrogen and oxygen atoms in total. The minimum atomic E-state index is -0.268. The molecular formula is C11H13Cl2N3O2S. The molecule has 2 N–H and O–H groups in total. The summed E-state index contributed by atoms with van der Waals surface area (Å²) in [5, 5.41) is 0.953. The number of methoxy groups -OCH3 is 1. The molecular weight excluding hydrogens is 309 g/mol. The summed E-state index contributed by atoms with van der Waals surface area (Å²) < 4.78 is 6.68. The largest absolute Gasteiger partial charge is 0.382 e. The van der Waals surface area contributed by atoms with Crippen molar-refractivity contribution in [3.8, 4) is 0 Å². The monoisotopic (exact) mass is 321 g/mol. The van der Waals surface area contributed by atoms with E-state index in [4.69, 9.17) is 22.1 Å². The number of halogens is 2. The van der Waals surface area contributed by atoms with Gasteiger partial charge in [-0.2, -0.15) is 0 Å². The van der Waals surface area contributed by atoms with Crippen LogP contribution in [0.4, 0.5) is 5.13 Å². The van der Waals surface area contributed by atoms with Crippen LogP contribution in [0.1, 0.15) is 10.9 Å². The zero-order chi connectivity index (χ0) is 13.1. The van der Waals surface area contributed by atoms with Gasteiger partial charge in [-0.25, -0.2) is 4.98 Å². The van der Waals surface area contributed by atoms with Gasteiger partial charge in [0.25, 0.3) is 5.56 Å². The summed E-state index contributed by atoms with van der Waals surface area (Å²) in [7, 11) is 1.58. The van der Waals surface area contributed by atoms with Gasteiger partial charge in [-0.05, 0) is 6.07 Å². The average molecular weight is 322 g/mol. The Morgan fingerprint density at radius 3 is 2.89 bits per heavy atom. The Morgan fingerprint density at radius 1 is 1.58 bits per heavy atom. The maximum atomic E-state index is 11.9. The van der Waals surface area contributed by atoms with E-state index >= 15 is 0 Å². The number of thiazole rings is 1. The molecule has 104 valence electrons. The highest BCUT2D eigenvalue weighted by Gasteiger charge is 2.17. The Hall–Kier alpha value is -1.08. The van der Waals surface area contributed by atoms with Crippen LogP contribution >= 0.6 is 35.3 Å². The van der Waals surface area contributed by atoms with Crippen molar-refractivity contribution in [2.45, 2.75) is 6.04 Å². The van der Waals surface area contributed by atoms with E-state index in [0.29, 0.717) is 16.8 Å². The molecule has 1 atom stereocenters. The van der Waals surface area contributed by atoms with Gasteiger partial charge in [0.05, 0.1) is 22.5 Å². The van der Waals surface area contributed by atoms with Crippen LogP contribution in [0.5, 0.6) is 0 Å². The molecule has 1 unspecified atom stereocenters. The molecule has 0 aliphatic heterocycles. The van der Waals surface area contributed by atoms with E-state index in [-0.39, 0.29) is 24.0 Å². The Morgan fingerprint density at radius 2 is 2.32 bits per heavy atom. The average Bonchev–Trinajstić information content (AvgIpc) is 2.76. The van der Waals surface area contributed by atoms with Gasteiger partial charge in [0, 0.05) is 25.6 Å². The van der Waals surface area contributed by atoms with Crippen molar-refractivity contribution in [2.75, 3.05) is 19.5 Å². The molecule has 2 heterocycles. The Labute approximate surface area is 125 Å². The number of ether oxygens (including phenoxy) is 1. The minimum absolute atomic E-state index is 0. The van der Waals surface area contributed by atoms with Crippen LogP contribution in [0.25, 0.3) is 0 Å². The van der Waals surface area contributed by atoms with E-state index < -0.39 is 0 Å². The Bertz CT molecular complexity index is 600. The van der Waals surface area contributed by atoms with Crippen LogP contribution in [0.2, 0.25) is 5.02 Å². The molecule has 2 rings (SSSR count). The number of hydrogen-bond acceptors (Lipinski definition) is 5. The number of nitrogens with two attached hydrogens (primary N) is 1. The number of anilines is 1. The highest BCUT2D eigenvalue weighted by atomic mass is 35.5. The minimum Gasteiger partial charge on any atom is -0.382 e. The summed E-state index contributed by atoms with van der Waals surface area (Å²) in [5.74, 6) is 0. The van der Waals surface area contributed by atoms with Gasteiger partial charge < -0.3 is 15.0 Å². The summed E-state index contributed by atoms with van der Waals surface area (Å²) in [6.45, 7) is 0.349. The highest BCUT2D eigenvalue weighted by molar-refractivity contribution is 7.15. The van der Waals surface area contributed by atoms with Gasteiger partial charge in [0.1, 0.15) is 0 Å². The summed E-state index contributed by atoms with van der Waals surface area (Å²) in [6.07, 6.45) is 3.24. The van der Waals surface area contributed by atoms with E-state index in [9.17, 15) is 4.79 Å². The quantitative estimate of drug-likeness (QED) is 0.937. The van der Waals surface area contributed by atoms with E-state index in [1.54, 1.807) is 25.6 Å². The van der Waals surface area contributed by atoms with Crippen LogP contribution in [-0.2, 0) is 4.74 Å². The predicted octanol–water partition coefficient (Wildman–Crippen LogP) is 2.20. The lowest BCUT2D eigenvalue weighted by molar-refractivity contribution is 0.169. The van der Waals surface area contributed by atoms with Crippen molar-refractivity contribution in [3.63, 3.8) is 0 Å². The van der Waals surface area contributed by atoms with Crippen LogP contribution in [-0.4, -0.2) is 23.3 Å². The molecule has 0 saturated heterocycles. The van der Waals surface area contributed by atoms with Gasteiger partial charge in [0.2, 0.25) is 0 Å². The fraction of sp³-hybridized carbons (Fsp3) is 0.273. The molecule has 0 bridgehead atoms. The van der Waals surface area contributed by atoms with E-state index in [1.165, 1.54) is 22.0 Å². The molecule has 2 aromatic rings. The van der Waals surface area contributed by atoms with Crippen LogP contribution in [0.3, 0.4) is 0 Å². The number of hydrogen-bond donors (Lipinski definition) is 1. The van der Waals surface area contributed by atoms with Gasteiger partial charge in [-0.1, -0.05) is 11.6 Å². The second-order valence-electron chi connectivity index (χ2n) is 3.66. The van der Waals surface area contributed by atoms with Gasteiger partial charge in [0.15, 0.2) is 5.13 Å². The number of aromatic nitrogens is 2. The fourth-order valence-corrected chi connectivity index (χ4v) is 2.57. The highest BCUT2D eigenvalue weighted by Crippen LogP contribution is 2.25. The van der Waals surface area contributed by atoms with Gasteiger partial charge in [-0.3, -0.25) is 4.79 Å².